The van der Waals surface area contributed by atoms with E-state index in [2.05, 4.69) is 0 Å². The second-order valence-corrected chi connectivity index (χ2v) is 3.63. The van der Waals surface area contributed by atoms with E-state index in [0.29, 0.717) is 5.56 Å². The first-order valence-corrected chi connectivity index (χ1v) is 4.60. The van der Waals surface area contributed by atoms with E-state index in [1.165, 1.54) is 30.3 Å². The Kier molecular flexibility index (Phi) is 4.88. The van der Waals surface area contributed by atoms with Crippen LogP contribution < -0.4 is 29.6 Å². The summed E-state index contributed by atoms with van der Waals surface area (Å²) in [5, 5.41) is 0. The Morgan fingerprint density at radius 3 is 2.00 bits per heavy atom. The first-order valence-electron chi connectivity index (χ1n) is 3.16. The Labute approximate surface area is 99.5 Å². The van der Waals surface area contributed by atoms with Crippen molar-refractivity contribution in [3.63, 3.8) is 0 Å². The SMILES string of the molecule is [CH-]=Cc1ccc(S(=O)(=O)O)cc1.[Na+]. The molecule has 0 aliphatic carbocycles. The van der Waals surface area contributed by atoms with E-state index in [4.69, 9.17) is 11.1 Å². The molecule has 0 fully saturated rings. The molecule has 13 heavy (non-hydrogen) atoms. The Morgan fingerprint density at radius 2 is 1.69 bits per heavy atom. The smallest absolute Gasteiger partial charge is 0.292 e. The van der Waals surface area contributed by atoms with Gasteiger partial charge < -0.3 is 0 Å². The molecule has 0 aliphatic heterocycles. The Balaban J connectivity index is 0.00000144. The summed E-state index contributed by atoms with van der Waals surface area (Å²) in [6.45, 7) is 5.17. The number of benzene rings is 1. The fourth-order valence-corrected chi connectivity index (χ4v) is 1.23. The fourth-order valence-electron chi connectivity index (χ4n) is 0.751. The van der Waals surface area contributed by atoms with E-state index in [0.717, 1.165) is 0 Å². The van der Waals surface area contributed by atoms with Crippen molar-refractivity contribution in [3.8, 4) is 0 Å². The average Bonchev–Trinajstić information content (AvgIpc) is 2.03. The average molecular weight is 206 g/mol. The summed E-state index contributed by atoms with van der Waals surface area (Å²) in [5.74, 6) is 0. The van der Waals surface area contributed by atoms with Crippen molar-refractivity contribution in [2.24, 2.45) is 0 Å². The van der Waals surface area contributed by atoms with Crippen LogP contribution in [0.1, 0.15) is 5.56 Å². The van der Waals surface area contributed by atoms with Gasteiger partial charge in [-0.3, -0.25) is 11.1 Å². The van der Waals surface area contributed by atoms with Crippen LogP contribution in [0.4, 0.5) is 0 Å². The molecule has 1 rings (SSSR count). The third-order valence-corrected chi connectivity index (χ3v) is 2.24. The van der Waals surface area contributed by atoms with Crippen molar-refractivity contribution in [2.45, 2.75) is 4.90 Å². The molecule has 0 atom stereocenters. The van der Waals surface area contributed by atoms with Gasteiger partial charge in [-0.25, -0.2) is 6.08 Å². The van der Waals surface area contributed by atoms with Crippen LogP contribution in [0, 0.1) is 6.58 Å². The third-order valence-electron chi connectivity index (χ3n) is 1.37. The summed E-state index contributed by atoms with van der Waals surface area (Å²) >= 11 is 0. The molecular weight excluding hydrogens is 199 g/mol. The molecule has 1 aromatic rings. The van der Waals surface area contributed by atoms with Gasteiger partial charge in [-0.05, 0) is 0 Å². The van der Waals surface area contributed by atoms with Crippen LogP contribution in [0.15, 0.2) is 29.2 Å². The van der Waals surface area contributed by atoms with Gasteiger partial charge in [-0.1, -0.05) is 12.1 Å². The third kappa shape index (κ3) is 3.62. The molecule has 0 spiro atoms. The predicted molar refractivity (Wildman–Crippen MR) is 45.0 cm³/mol. The van der Waals surface area contributed by atoms with Crippen LogP contribution in [0.3, 0.4) is 0 Å². The van der Waals surface area contributed by atoms with Gasteiger partial charge >= 0.3 is 29.6 Å². The van der Waals surface area contributed by atoms with Gasteiger partial charge in [0, 0.05) is 0 Å². The second kappa shape index (κ2) is 4.93. The maximum absolute atomic E-state index is 10.5. The van der Waals surface area contributed by atoms with Gasteiger partial charge in [0.25, 0.3) is 10.1 Å². The molecular formula is C8H7NaO3S. The molecule has 0 amide bonds. The van der Waals surface area contributed by atoms with Gasteiger partial charge in [0.05, 0.1) is 4.90 Å². The van der Waals surface area contributed by atoms with Crippen LogP contribution in [0.25, 0.3) is 6.08 Å². The Morgan fingerprint density at radius 1 is 1.23 bits per heavy atom. The van der Waals surface area contributed by atoms with E-state index in [-0.39, 0.29) is 34.5 Å². The topological polar surface area (TPSA) is 54.4 Å². The van der Waals surface area contributed by atoms with Gasteiger partial charge in [0.15, 0.2) is 0 Å². The van der Waals surface area contributed by atoms with Crippen molar-refractivity contribution in [2.75, 3.05) is 0 Å². The standard InChI is InChI=1S/C8H7O3S.Na/c1-2-7-3-5-8(6-4-7)12(9,10)11;/h1-6H,(H,9,10,11);/q-1;+1. The van der Waals surface area contributed by atoms with Crippen molar-refractivity contribution in [3.05, 3.63) is 36.4 Å². The molecule has 1 N–H and O–H groups in total. The number of hydrogen-bond acceptors (Lipinski definition) is 2. The van der Waals surface area contributed by atoms with Crippen molar-refractivity contribution < 1.29 is 42.5 Å². The van der Waals surface area contributed by atoms with Crippen LogP contribution >= 0.6 is 0 Å². The zero-order valence-electron chi connectivity index (χ0n) is 7.14. The van der Waals surface area contributed by atoms with Crippen molar-refractivity contribution in [1.82, 2.24) is 0 Å². The molecule has 0 radical (unpaired) electrons. The van der Waals surface area contributed by atoms with Gasteiger partial charge in [-0.15, -0.1) is 12.1 Å². The summed E-state index contributed by atoms with van der Waals surface area (Å²) < 4.78 is 29.7. The van der Waals surface area contributed by atoms with E-state index < -0.39 is 10.1 Å². The Hall–Kier alpha value is -0.130. The van der Waals surface area contributed by atoms with Crippen LogP contribution in [0.5, 0.6) is 0 Å². The van der Waals surface area contributed by atoms with Crippen LogP contribution in [-0.4, -0.2) is 13.0 Å². The normalized spacial score (nSPS) is 10.2. The molecule has 0 unspecified atom stereocenters. The number of rotatable bonds is 2. The van der Waals surface area contributed by atoms with Crippen molar-refractivity contribution in [1.29, 1.82) is 0 Å². The maximum Gasteiger partial charge on any atom is 1.00 e. The molecule has 0 aromatic heterocycles. The van der Waals surface area contributed by atoms with Crippen LogP contribution in [-0.2, 0) is 10.1 Å². The summed E-state index contributed by atoms with van der Waals surface area (Å²) in [6.07, 6.45) is 1.34. The maximum atomic E-state index is 10.5. The van der Waals surface area contributed by atoms with Gasteiger partial charge in [0.1, 0.15) is 0 Å². The molecule has 1 aromatic carbocycles. The molecule has 0 saturated heterocycles. The summed E-state index contributed by atoms with van der Waals surface area (Å²) in [5.41, 5.74) is 0.697. The quantitative estimate of drug-likeness (QED) is 0.359. The predicted octanol–water partition coefficient (Wildman–Crippen LogP) is -1.62. The molecule has 3 nitrogen and oxygen atoms in total. The van der Waals surface area contributed by atoms with Gasteiger partial charge in [-0.2, -0.15) is 14.0 Å². The summed E-state index contributed by atoms with van der Waals surface area (Å²) in [7, 11) is -4.08. The molecule has 0 aliphatic rings. The zero-order valence-corrected chi connectivity index (χ0v) is 9.95. The van der Waals surface area contributed by atoms with E-state index in [1.54, 1.807) is 0 Å². The van der Waals surface area contributed by atoms with Gasteiger partial charge in [0.2, 0.25) is 0 Å². The minimum atomic E-state index is -4.08. The molecule has 5 heteroatoms. The molecule has 0 heterocycles. The largest absolute Gasteiger partial charge is 1.00 e. The fraction of sp³-hybridized carbons (Fsp3) is 0. The van der Waals surface area contributed by atoms with E-state index >= 15 is 0 Å². The van der Waals surface area contributed by atoms with E-state index in [1.807, 2.05) is 0 Å². The summed E-state index contributed by atoms with van der Waals surface area (Å²) in [6, 6.07) is 5.58. The minimum Gasteiger partial charge on any atom is -0.292 e. The van der Waals surface area contributed by atoms with Crippen LogP contribution in [0.2, 0.25) is 0 Å². The Bertz CT molecular complexity index is 380. The molecule has 64 valence electrons. The van der Waals surface area contributed by atoms with Crippen molar-refractivity contribution >= 4 is 16.2 Å². The summed E-state index contributed by atoms with van der Waals surface area (Å²) in [4.78, 5) is -0.131. The second-order valence-electron chi connectivity index (χ2n) is 2.21. The molecule has 0 bridgehead atoms. The number of hydrogen-bond donors (Lipinski definition) is 1. The van der Waals surface area contributed by atoms with E-state index in [9.17, 15) is 8.42 Å². The monoisotopic (exact) mass is 206 g/mol. The first-order chi connectivity index (χ1) is 5.54. The minimum absolute atomic E-state index is 0. The molecule has 0 saturated carbocycles. The first kappa shape index (κ1) is 12.9. The zero-order chi connectivity index (χ0) is 9.19.